The fourth-order valence-corrected chi connectivity index (χ4v) is 4.01. The number of benzene rings is 1. The maximum atomic E-state index is 13.1. The van der Waals surface area contributed by atoms with Crippen LogP contribution in [0.5, 0.6) is 0 Å². The minimum atomic E-state index is -0.508. The highest BCUT2D eigenvalue weighted by atomic mass is 19.1. The minimum Gasteiger partial charge on any atom is -0.441 e. The number of hydrogen-bond acceptors (Lipinski definition) is 4. The highest BCUT2D eigenvalue weighted by Gasteiger charge is 2.48. The molecule has 2 aliphatic rings. The van der Waals surface area contributed by atoms with Crippen LogP contribution in [0.15, 0.2) is 36.8 Å². The quantitative estimate of drug-likeness (QED) is 0.912. The van der Waals surface area contributed by atoms with E-state index in [9.17, 15) is 9.18 Å². The van der Waals surface area contributed by atoms with Crippen molar-refractivity contribution in [2.45, 2.75) is 31.9 Å². The van der Waals surface area contributed by atoms with Crippen molar-refractivity contribution in [2.24, 2.45) is 5.92 Å². The molecule has 1 atom stereocenters. The smallest absolute Gasteiger partial charge is 0.415 e. The summed E-state index contributed by atoms with van der Waals surface area (Å²) < 4.78 is 18.9. The maximum Gasteiger partial charge on any atom is 0.415 e. The zero-order chi connectivity index (χ0) is 18.1. The second-order valence-corrected chi connectivity index (χ2v) is 7.37. The van der Waals surface area contributed by atoms with Crippen LogP contribution in [0, 0.1) is 11.7 Å². The molecular weight excluding hydrogens is 335 g/mol. The lowest BCUT2D eigenvalue weighted by molar-refractivity contribution is -0.00690. The molecule has 26 heavy (non-hydrogen) atoms. The molecule has 1 aromatic carbocycles. The van der Waals surface area contributed by atoms with Crippen LogP contribution in [0.1, 0.15) is 25.5 Å². The molecule has 0 unspecified atom stereocenters. The number of piperidine rings is 1. The number of cyclic esters (lactones) is 1. The van der Waals surface area contributed by atoms with Gasteiger partial charge in [0, 0.05) is 30.0 Å². The summed E-state index contributed by atoms with van der Waals surface area (Å²) in [5, 5.41) is 0. The molecule has 3 heterocycles. The van der Waals surface area contributed by atoms with Gasteiger partial charge in [0.25, 0.3) is 0 Å². The Morgan fingerprint density at radius 2 is 2.04 bits per heavy atom. The van der Waals surface area contributed by atoms with Crippen LogP contribution in [0.25, 0.3) is 0 Å². The van der Waals surface area contributed by atoms with E-state index in [0.29, 0.717) is 18.2 Å². The third-order valence-electron chi connectivity index (χ3n) is 5.55. The number of rotatable bonds is 4. The lowest BCUT2D eigenvalue weighted by Gasteiger charge is -2.38. The number of hydrogen-bond donors (Lipinski definition) is 1. The van der Waals surface area contributed by atoms with Crippen LogP contribution in [0.2, 0.25) is 0 Å². The van der Waals surface area contributed by atoms with Gasteiger partial charge in [-0.25, -0.2) is 14.2 Å². The van der Waals surface area contributed by atoms with E-state index in [4.69, 9.17) is 4.74 Å². The molecule has 138 valence electrons. The number of carbonyl (C=O) groups excluding carboxylic acids is 1. The van der Waals surface area contributed by atoms with Gasteiger partial charge >= 0.3 is 6.09 Å². The molecule has 4 rings (SSSR count). The number of nitrogens with zero attached hydrogens (tertiary/aromatic N) is 3. The van der Waals surface area contributed by atoms with Gasteiger partial charge in [0.1, 0.15) is 11.4 Å². The number of amides is 1. The van der Waals surface area contributed by atoms with Gasteiger partial charge in [0.15, 0.2) is 0 Å². The number of H-pyrrole nitrogens is 1. The Morgan fingerprint density at radius 3 is 2.69 bits per heavy atom. The van der Waals surface area contributed by atoms with Crippen molar-refractivity contribution in [3.8, 4) is 0 Å². The van der Waals surface area contributed by atoms with E-state index < -0.39 is 5.60 Å². The van der Waals surface area contributed by atoms with E-state index >= 15 is 0 Å². The second kappa shape index (κ2) is 6.72. The molecule has 7 heteroatoms. The fraction of sp³-hybridized carbons (Fsp3) is 0.474. The molecule has 0 saturated carbocycles. The van der Waals surface area contributed by atoms with Crippen LogP contribution < -0.4 is 4.90 Å². The molecular formula is C19H23FN4O2. The van der Waals surface area contributed by atoms with Gasteiger partial charge in [-0.1, -0.05) is 0 Å². The monoisotopic (exact) mass is 358 g/mol. The van der Waals surface area contributed by atoms with Gasteiger partial charge in [-0.2, -0.15) is 0 Å². The number of aromatic nitrogens is 2. The average molecular weight is 358 g/mol. The van der Waals surface area contributed by atoms with Gasteiger partial charge in [0.05, 0.1) is 12.9 Å². The van der Waals surface area contributed by atoms with Crippen LogP contribution in [-0.4, -0.2) is 46.2 Å². The largest absolute Gasteiger partial charge is 0.441 e. The van der Waals surface area contributed by atoms with Gasteiger partial charge < -0.3 is 9.72 Å². The van der Waals surface area contributed by atoms with E-state index in [1.807, 2.05) is 13.1 Å². The van der Waals surface area contributed by atoms with Gasteiger partial charge in [0.2, 0.25) is 0 Å². The maximum absolute atomic E-state index is 13.1. The molecule has 2 fully saturated rings. The molecule has 0 spiro atoms. The van der Waals surface area contributed by atoms with Crippen LogP contribution >= 0.6 is 0 Å². The first-order valence-electron chi connectivity index (χ1n) is 8.99. The summed E-state index contributed by atoms with van der Waals surface area (Å²) in [4.78, 5) is 23.6. The van der Waals surface area contributed by atoms with Crippen molar-refractivity contribution in [2.75, 3.05) is 24.5 Å². The zero-order valence-electron chi connectivity index (χ0n) is 14.8. The van der Waals surface area contributed by atoms with Crippen LogP contribution in [-0.2, 0) is 11.3 Å². The Morgan fingerprint density at radius 1 is 1.31 bits per heavy atom. The lowest BCUT2D eigenvalue weighted by Crippen LogP contribution is -2.45. The highest BCUT2D eigenvalue weighted by molar-refractivity contribution is 5.90. The molecule has 1 amide bonds. The molecule has 0 aliphatic carbocycles. The Kier molecular flexibility index (Phi) is 4.40. The zero-order valence-corrected chi connectivity index (χ0v) is 14.8. The van der Waals surface area contributed by atoms with Crippen molar-refractivity contribution >= 4 is 11.8 Å². The molecule has 1 aromatic heterocycles. The Balaban J connectivity index is 1.39. The van der Waals surface area contributed by atoms with Gasteiger partial charge in [-0.05, 0) is 57.1 Å². The molecule has 2 aliphatic heterocycles. The first-order valence-corrected chi connectivity index (χ1v) is 8.99. The predicted octanol–water partition coefficient (Wildman–Crippen LogP) is 3.18. The standard InChI is InChI=1S/C19H23FN4O2/c1-19(12-24(18(25)26-19)17-4-2-15(20)3-5-17)14-6-8-23(9-7-14)11-16-10-21-13-22-16/h2-5,10,13-14H,6-9,11-12H2,1H3,(H,21,22)/t19-/m1/s1. The Hall–Kier alpha value is -2.41. The Bertz CT molecular complexity index is 756. The van der Waals surface area contributed by atoms with Crippen LogP contribution in [0.3, 0.4) is 0 Å². The van der Waals surface area contributed by atoms with Crippen molar-refractivity contribution in [1.82, 2.24) is 14.9 Å². The van der Waals surface area contributed by atoms with E-state index in [2.05, 4.69) is 14.9 Å². The molecule has 6 nitrogen and oxygen atoms in total. The van der Waals surface area contributed by atoms with Crippen molar-refractivity contribution in [3.63, 3.8) is 0 Å². The van der Waals surface area contributed by atoms with Gasteiger partial charge in [-0.3, -0.25) is 9.80 Å². The summed E-state index contributed by atoms with van der Waals surface area (Å²) in [6.45, 7) is 5.32. The van der Waals surface area contributed by atoms with Crippen molar-refractivity contribution in [3.05, 3.63) is 48.3 Å². The number of likely N-dealkylation sites (tertiary alicyclic amines) is 1. The van der Waals surface area contributed by atoms with Gasteiger partial charge in [-0.15, -0.1) is 0 Å². The van der Waals surface area contributed by atoms with Crippen molar-refractivity contribution < 1.29 is 13.9 Å². The number of ether oxygens (including phenoxy) is 1. The molecule has 2 aromatic rings. The van der Waals surface area contributed by atoms with E-state index in [-0.39, 0.29) is 11.9 Å². The number of halogens is 1. The summed E-state index contributed by atoms with van der Waals surface area (Å²) in [6.07, 6.45) is 5.17. The topological polar surface area (TPSA) is 61.5 Å². The summed E-state index contributed by atoms with van der Waals surface area (Å²) in [7, 11) is 0. The number of imidazole rings is 1. The van der Waals surface area contributed by atoms with Crippen molar-refractivity contribution in [1.29, 1.82) is 0 Å². The third kappa shape index (κ3) is 3.31. The summed E-state index contributed by atoms with van der Waals surface area (Å²) in [6, 6.07) is 5.98. The molecule has 0 radical (unpaired) electrons. The molecule has 0 bridgehead atoms. The number of aromatic amines is 1. The first-order chi connectivity index (χ1) is 12.5. The first kappa shape index (κ1) is 17.0. The number of anilines is 1. The van der Waals surface area contributed by atoms with E-state index in [0.717, 1.165) is 38.2 Å². The highest BCUT2D eigenvalue weighted by Crippen LogP contribution is 2.38. The number of carbonyl (C=O) groups is 1. The number of nitrogens with one attached hydrogen (secondary N) is 1. The Labute approximate surface area is 152 Å². The minimum absolute atomic E-state index is 0.311. The van der Waals surface area contributed by atoms with E-state index in [1.165, 1.54) is 12.1 Å². The second-order valence-electron chi connectivity index (χ2n) is 7.37. The average Bonchev–Trinajstić information content (AvgIpc) is 3.24. The summed E-state index contributed by atoms with van der Waals surface area (Å²) in [5.74, 6) is 0.00336. The normalized spacial score (nSPS) is 24.8. The summed E-state index contributed by atoms with van der Waals surface area (Å²) in [5.41, 5.74) is 1.28. The third-order valence-corrected chi connectivity index (χ3v) is 5.55. The van der Waals surface area contributed by atoms with Crippen LogP contribution in [0.4, 0.5) is 14.9 Å². The predicted molar refractivity (Wildman–Crippen MR) is 95.2 cm³/mol. The lowest BCUT2D eigenvalue weighted by atomic mass is 9.81. The fourth-order valence-electron chi connectivity index (χ4n) is 4.01. The van der Waals surface area contributed by atoms with E-state index in [1.54, 1.807) is 23.4 Å². The summed E-state index contributed by atoms with van der Waals surface area (Å²) >= 11 is 0. The molecule has 2 saturated heterocycles. The molecule has 1 N–H and O–H groups in total. The SMILES string of the molecule is C[C@]1(C2CCN(Cc3cnc[nH]3)CC2)CN(c2ccc(F)cc2)C(=O)O1.